The number of piperidine rings is 1. The normalized spacial score (nSPS) is 22.6. The van der Waals surface area contributed by atoms with Crippen LogP contribution in [0.15, 0.2) is 12.4 Å². The first-order chi connectivity index (χ1) is 11.6. The van der Waals surface area contributed by atoms with Crippen molar-refractivity contribution in [1.82, 2.24) is 19.8 Å². The van der Waals surface area contributed by atoms with E-state index in [4.69, 9.17) is 0 Å². The van der Waals surface area contributed by atoms with Crippen LogP contribution in [-0.4, -0.2) is 86.2 Å². The molecule has 0 aliphatic carbocycles. The Morgan fingerprint density at radius 3 is 2.25 bits per heavy atom. The lowest BCUT2D eigenvalue weighted by Crippen LogP contribution is -2.51. The van der Waals surface area contributed by atoms with Gasteiger partial charge in [0.1, 0.15) is 0 Å². The molecule has 1 atom stereocenters. The molecule has 2 fully saturated rings. The highest BCUT2D eigenvalue weighted by atomic mass is 15.3. The van der Waals surface area contributed by atoms with Crippen molar-refractivity contribution in [2.75, 3.05) is 70.2 Å². The molecule has 0 aromatic carbocycles. The zero-order chi connectivity index (χ0) is 17.1. The van der Waals surface area contributed by atoms with E-state index in [-0.39, 0.29) is 0 Å². The SMILES string of the molecule is CC(C1CCN(c2nccnc2N(C)C)CC1)N1CCN(C)CC1. The first kappa shape index (κ1) is 17.4. The monoisotopic (exact) mass is 332 g/mol. The molecule has 2 aliphatic rings. The lowest BCUT2D eigenvalue weighted by Gasteiger charge is -2.43. The molecule has 0 spiro atoms. The van der Waals surface area contributed by atoms with E-state index in [1.807, 2.05) is 14.1 Å². The summed E-state index contributed by atoms with van der Waals surface area (Å²) in [7, 11) is 6.30. The average Bonchev–Trinajstić information content (AvgIpc) is 2.62. The number of anilines is 2. The Morgan fingerprint density at radius 2 is 1.62 bits per heavy atom. The van der Waals surface area contributed by atoms with Gasteiger partial charge < -0.3 is 14.7 Å². The third-order valence-electron chi connectivity index (χ3n) is 5.72. The molecule has 6 heteroatoms. The third-order valence-corrected chi connectivity index (χ3v) is 5.72. The van der Waals surface area contributed by atoms with Crippen molar-refractivity contribution >= 4 is 11.6 Å². The van der Waals surface area contributed by atoms with Crippen LogP contribution in [0, 0.1) is 5.92 Å². The van der Waals surface area contributed by atoms with Gasteiger partial charge in [-0.1, -0.05) is 0 Å². The predicted molar refractivity (Wildman–Crippen MR) is 99.8 cm³/mol. The van der Waals surface area contributed by atoms with Crippen molar-refractivity contribution < 1.29 is 0 Å². The number of hydrogen-bond donors (Lipinski definition) is 0. The van der Waals surface area contributed by atoms with Crippen molar-refractivity contribution in [3.8, 4) is 0 Å². The van der Waals surface area contributed by atoms with E-state index >= 15 is 0 Å². The van der Waals surface area contributed by atoms with E-state index < -0.39 is 0 Å². The van der Waals surface area contributed by atoms with E-state index in [1.54, 1.807) is 12.4 Å². The van der Waals surface area contributed by atoms with E-state index in [9.17, 15) is 0 Å². The smallest absolute Gasteiger partial charge is 0.171 e. The maximum absolute atomic E-state index is 4.60. The standard InChI is InChI=1S/C18H32N6/c1-15(23-13-11-22(4)12-14-23)16-5-9-24(10-6-16)18-17(21(2)3)19-7-8-20-18/h7-8,15-16H,5-6,9-14H2,1-4H3. The molecule has 0 amide bonds. The van der Waals surface area contributed by atoms with E-state index in [0.29, 0.717) is 6.04 Å². The Bertz CT molecular complexity index is 518. The third kappa shape index (κ3) is 3.81. The molecule has 6 nitrogen and oxygen atoms in total. The van der Waals surface area contributed by atoms with Crippen LogP contribution >= 0.6 is 0 Å². The van der Waals surface area contributed by atoms with Gasteiger partial charge in [-0.15, -0.1) is 0 Å². The molecule has 0 radical (unpaired) electrons. The highest BCUT2D eigenvalue weighted by Gasteiger charge is 2.30. The van der Waals surface area contributed by atoms with Gasteiger partial charge in [-0.25, -0.2) is 9.97 Å². The fourth-order valence-electron chi connectivity index (χ4n) is 3.98. The van der Waals surface area contributed by atoms with Crippen LogP contribution in [0.25, 0.3) is 0 Å². The lowest BCUT2D eigenvalue weighted by molar-refractivity contribution is 0.0813. The van der Waals surface area contributed by atoms with Gasteiger partial charge in [0.05, 0.1) is 0 Å². The molecule has 134 valence electrons. The Kier molecular flexibility index (Phi) is 5.56. The number of nitrogens with zero attached hydrogens (tertiary/aromatic N) is 6. The Morgan fingerprint density at radius 1 is 1.00 bits per heavy atom. The Hall–Kier alpha value is -1.40. The summed E-state index contributed by atoms with van der Waals surface area (Å²) in [6.07, 6.45) is 6.08. The number of hydrogen-bond acceptors (Lipinski definition) is 6. The largest absolute Gasteiger partial charge is 0.360 e. The zero-order valence-corrected chi connectivity index (χ0v) is 15.6. The summed E-state index contributed by atoms with van der Waals surface area (Å²) < 4.78 is 0. The van der Waals surface area contributed by atoms with Gasteiger partial charge in [0.2, 0.25) is 0 Å². The van der Waals surface area contributed by atoms with Crippen LogP contribution < -0.4 is 9.80 Å². The van der Waals surface area contributed by atoms with Crippen molar-refractivity contribution in [3.63, 3.8) is 0 Å². The van der Waals surface area contributed by atoms with Gasteiger partial charge in [0, 0.05) is 71.8 Å². The highest BCUT2D eigenvalue weighted by Crippen LogP contribution is 2.30. The quantitative estimate of drug-likeness (QED) is 0.830. The summed E-state index contributed by atoms with van der Waals surface area (Å²) in [5, 5.41) is 0. The molecular formula is C18H32N6. The van der Waals surface area contributed by atoms with Crippen LogP contribution in [0.3, 0.4) is 0 Å². The maximum Gasteiger partial charge on any atom is 0.171 e. The molecular weight excluding hydrogens is 300 g/mol. The van der Waals surface area contributed by atoms with Crippen LogP contribution in [0.5, 0.6) is 0 Å². The molecule has 2 aliphatic heterocycles. The molecule has 1 aromatic heterocycles. The molecule has 2 saturated heterocycles. The maximum atomic E-state index is 4.60. The summed E-state index contributed by atoms with van der Waals surface area (Å²) in [5.41, 5.74) is 0. The summed E-state index contributed by atoms with van der Waals surface area (Å²) in [6.45, 7) is 9.44. The molecule has 3 heterocycles. The Balaban J connectivity index is 1.58. The van der Waals surface area contributed by atoms with Crippen molar-refractivity contribution in [2.24, 2.45) is 5.92 Å². The lowest BCUT2D eigenvalue weighted by atomic mass is 9.89. The summed E-state index contributed by atoms with van der Waals surface area (Å²) >= 11 is 0. The van der Waals surface area contributed by atoms with Crippen LogP contribution in [0.1, 0.15) is 19.8 Å². The average molecular weight is 332 g/mol. The summed E-state index contributed by atoms with van der Waals surface area (Å²) in [6, 6.07) is 0.691. The second kappa shape index (κ2) is 7.66. The van der Waals surface area contributed by atoms with Crippen molar-refractivity contribution in [2.45, 2.75) is 25.8 Å². The second-order valence-corrected chi connectivity index (χ2v) is 7.50. The van der Waals surface area contributed by atoms with E-state index in [2.05, 4.69) is 43.5 Å². The number of likely N-dealkylation sites (N-methyl/N-ethyl adjacent to an activating group) is 1. The predicted octanol–water partition coefficient (Wildman–Crippen LogP) is 1.39. The van der Waals surface area contributed by atoms with Crippen LogP contribution in [-0.2, 0) is 0 Å². The van der Waals surface area contributed by atoms with Gasteiger partial charge in [-0.3, -0.25) is 4.90 Å². The molecule has 3 rings (SSSR count). The molecule has 1 unspecified atom stereocenters. The van der Waals surface area contributed by atoms with E-state index in [1.165, 1.54) is 39.0 Å². The van der Waals surface area contributed by atoms with Gasteiger partial charge in [-0.05, 0) is 32.7 Å². The van der Waals surface area contributed by atoms with Gasteiger partial charge in [-0.2, -0.15) is 0 Å². The second-order valence-electron chi connectivity index (χ2n) is 7.50. The van der Waals surface area contributed by atoms with Crippen LogP contribution in [0.2, 0.25) is 0 Å². The van der Waals surface area contributed by atoms with E-state index in [0.717, 1.165) is 30.6 Å². The summed E-state index contributed by atoms with van der Waals surface area (Å²) in [4.78, 5) is 18.7. The van der Waals surface area contributed by atoms with Crippen molar-refractivity contribution in [1.29, 1.82) is 0 Å². The number of piperazine rings is 1. The molecule has 1 aromatic rings. The molecule has 0 bridgehead atoms. The minimum absolute atomic E-state index is 0.691. The molecule has 24 heavy (non-hydrogen) atoms. The van der Waals surface area contributed by atoms with Crippen molar-refractivity contribution in [3.05, 3.63) is 12.4 Å². The Labute approximate surface area is 146 Å². The van der Waals surface area contributed by atoms with Gasteiger partial charge >= 0.3 is 0 Å². The minimum Gasteiger partial charge on any atom is -0.360 e. The first-order valence-corrected chi connectivity index (χ1v) is 9.22. The van der Waals surface area contributed by atoms with Crippen LogP contribution in [0.4, 0.5) is 11.6 Å². The first-order valence-electron chi connectivity index (χ1n) is 9.22. The van der Waals surface area contributed by atoms with Gasteiger partial charge in [0.25, 0.3) is 0 Å². The number of aromatic nitrogens is 2. The van der Waals surface area contributed by atoms with Gasteiger partial charge in [0.15, 0.2) is 11.6 Å². The molecule has 0 saturated carbocycles. The minimum atomic E-state index is 0.691. The zero-order valence-electron chi connectivity index (χ0n) is 15.6. The number of rotatable bonds is 4. The highest BCUT2D eigenvalue weighted by molar-refractivity contribution is 5.61. The molecule has 0 N–H and O–H groups in total. The summed E-state index contributed by atoms with van der Waals surface area (Å²) in [5.74, 6) is 2.81. The fraction of sp³-hybridized carbons (Fsp3) is 0.778. The topological polar surface area (TPSA) is 38.7 Å². The fourth-order valence-corrected chi connectivity index (χ4v) is 3.98.